The molecule has 2 nitrogen and oxygen atoms in total. The molecule has 0 N–H and O–H groups in total. The van der Waals surface area contributed by atoms with Crippen molar-refractivity contribution in [1.29, 1.82) is 0 Å². The van der Waals surface area contributed by atoms with E-state index in [4.69, 9.17) is 0 Å². The Morgan fingerprint density at radius 2 is 0.833 bits per heavy atom. The van der Waals surface area contributed by atoms with Gasteiger partial charge in [-0.2, -0.15) is 0 Å². The smallest absolute Gasteiger partial charge is 0.248 e. The van der Waals surface area contributed by atoms with Gasteiger partial charge in [-0.15, -0.1) is 0 Å². The molecule has 0 amide bonds. The first-order chi connectivity index (χ1) is 29.0. The molecule has 0 aromatic heterocycles. The summed E-state index contributed by atoms with van der Waals surface area (Å²) in [5.74, 6) is 0. The van der Waals surface area contributed by atoms with Gasteiger partial charge in [-0.25, -0.2) is 0 Å². The van der Waals surface area contributed by atoms with Gasteiger partial charge < -0.3 is 9.80 Å². The van der Waals surface area contributed by atoms with Gasteiger partial charge in [0.25, 0.3) is 0 Å². The first-order valence-electron chi connectivity index (χ1n) is 21.6. The molecule has 12 rings (SSSR count). The van der Waals surface area contributed by atoms with E-state index < -0.39 is 0 Å². The van der Waals surface area contributed by atoms with Crippen LogP contribution < -0.4 is 42.6 Å². The highest BCUT2D eigenvalue weighted by Gasteiger charge is 2.47. The van der Waals surface area contributed by atoms with Crippen LogP contribution in [-0.4, -0.2) is 13.4 Å². The molecule has 286 valence electrons. The zero-order chi connectivity index (χ0) is 40.9. The predicted octanol–water partition coefficient (Wildman–Crippen LogP) is 10.5. The maximum Gasteiger partial charge on any atom is 0.248 e. The summed E-state index contributed by atoms with van der Waals surface area (Å²) in [5.41, 5.74) is 26.5. The van der Waals surface area contributed by atoms with Crippen LogP contribution in [0.3, 0.4) is 0 Å². The number of rotatable bonds is 2. The maximum absolute atomic E-state index is 2.66. The third-order valence-electron chi connectivity index (χ3n) is 14.1. The van der Waals surface area contributed by atoms with Crippen LogP contribution in [0.2, 0.25) is 0 Å². The fraction of sp³-hybridized carbons (Fsp3) is 0.143. The average molecular weight is 769 g/mol. The van der Waals surface area contributed by atoms with Crippen molar-refractivity contribution in [2.45, 2.75) is 55.4 Å². The summed E-state index contributed by atoms with van der Waals surface area (Å²) in [6.45, 7) is 18.3. The minimum Gasteiger partial charge on any atom is -0.307 e. The topological polar surface area (TPSA) is 6.48 Å². The molecule has 0 aliphatic carbocycles. The lowest BCUT2D eigenvalue weighted by atomic mass is 9.32. The van der Waals surface area contributed by atoms with Crippen molar-refractivity contribution in [3.05, 3.63) is 178 Å². The molecule has 9 aromatic rings. The fourth-order valence-electron chi connectivity index (χ4n) is 11.9. The van der Waals surface area contributed by atoms with Gasteiger partial charge in [0.05, 0.1) is 22.7 Å². The van der Waals surface area contributed by atoms with E-state index in [1.807, 2.05) is 0 Å². The second-order valence-corrected chi connectivity index (χ2v) is 18.3. The van der Waals surface area contributed by atoms with Crippen LogP contribution in [0.25, 0.3) is 32.3 Å². The molecule has 0 spiro atoms. The molecule has 0 atom stereocenters. The Kier molecular flexibility index (Phi) is 7.39. The lowest BCUT2D eigenvalue weighted by molar-refractivity contribution is 1.19. The first kappa shape index (κ1) is 35.4. The molecule has 0 saturated heterocycles. The zero-order valence-electron chi connectivity index (χ0n) is 35.8. The third-order valence-corrected chi connectivity index (χ3v) is 14.1. The Morgan fingerprint density at radius 1 is 0.317 bits per heavy atom. The molecule has 3 aliphatic heterocycles. The second-order valence-electron chi connectivity index (χ2n) is 18.3. The van der Waals surface area contributed by atoms with E-state index in [2.05, 4.69) is 199 Å². The summed E-state index contributed by atoms with van der Waals surface area (Å²) >= 11 is 0. The maximum atomic E-state index is 2.66. The van der Waals surface area contributed by atoms with Gasteiger partial charge in [-0.05, 0) is 134 Å². The number of fused-ring (bicyclic) bond motifs is 10. The van der Waals surface area contributed by atoms with Crippen LogP contribution in [0.5, 0.6) is 0 Å². The Morgan fingerprint density at radius 3 is 1.43 bits per heavy atom. The second kappa shape index (κ2) is 12.5. The third kappa shape index (κ3) is 4.85. The van der Waals surface area contributed by atoms with E-state index in [1.165, 1.54) is 144 Å². The summed E-state index contributed by atoms with van der Waals surface area (Å²) < 4.78 is 0. The lowest BCUT2D eigenvalue weighted by Gasteiger charge is -2.49. The van der Waals surface area contributed by atoms with Crippen LogP contribution in [0, 0.1) is 55.4 Å². The molecule has 0 unspecified atom stereocenters. The molecular weight excluding hydrogens is 722 g/mol. The number of nitrogens with zero attached hydrogens (tertiary/aromatic N) is 2. The Bertz CT molecular complexity index is 3330. The highest BCUT2D eigenvalue weighted by molar-refractivity contribution is 7.01. The van der Waals surface area contributed by atoms with Gasteiger partial charge in [-0.1, -0.05) is 165 Å². The monoisotopic (exact) mass is 768 g/mol. The minimum absolute atomic E-state index is 0.0285. The fourth-order valence-corrected chi connectivity index (χ4v) is 11.9. The van der Waals surface area contributed by atoms with Gasteiger partial charge >= 0.3 is 0 Å². The molecule has 0 radical (unpaired) electrons. The van der Waals surface area contributed by atoms with Gasteiger partial charge in [0.15, 0.2) is 0 Å². The number of hydrogen-bond acceptors (Lipinski definition) is 2. The van der Waals surface area contributed by atoms with E-state index in [9.17, 15) is 0 Å². The molecule has 0 bridgehead atoms. The molecule has 9 aromatic carbocycles. The van der Waals surface area contributed by atoms with Crippen molar-refractivity contribution in [2.24, 2.45) is 0 Å². The molecule has 3 aliphatic rings. The van der Waals surface area contributed by atoms with Gasteiger partial charge in [0.2, 0.25) is 13.4 Å². The standard InChI is InChI=1S/C56H46B2N2/c1-31-16-18-39-28-49-46(26-42(39)24-31)57(52-35(5)20-33(3)21-36(52)6)45-14-11-15-48-55(45)60(49)51-30-41-12-9-10-13-44(41)54-56(51)59(48)50-29-40-19-17-32(2)25-43(40)27-47(50)58(54)53-37(7)22-34(4)23-38(53)8/h9-30H,1-8H3. The number of aryl methyl sites for hydroxylation is 8. The summed E-state index contributed by atoms with van der Waals surface area (Å²) in [7, 11) is 0. The van der Waals surface area contributed by atoms with Crippen molar-refractivity contribution in [1.82, 2.24) is 0 Å². The molecule has 3 heterocycles. The number of hydrogen-bond donors (Lipinski definition) is 0. The summed E-state index contributed by atoms with van der Waals surface area (Å²) in [6.07, 6.45) is 0. The van der Waals surface area contributed by atoms with Gasteiger partial charge in [-0.3, -0.25) is 0 Å². The van der Waals surface area contributed by atoms with Crippen LogP contribution in [0.15, 0.2) is 133 Å². The zero-order valence-corrected chi connectivity index (χ0v) is 35.8. The van der Waals surface area contributed by atoms with Crippen LogP contribution >= 0.6 is 0 Å². The van der Waals surface area contributed by atoms with Crippen molar-refractivity contribution in [3.8, 4) is 0 Å². The molecular formula is C56H46B2N2. The van der Waals surface area contributed by atoms with Crippen LogP contribution in [0.1, 0.15) is 44.5 Å². The van der Waals surface area contributed by atoms with E-state index >= 15 is 0 Å². The summed E-state index contributed by atoms with van der Waals surface area (Å²) in [6, 6.07) is 52.2. The largest absolute Gasteiger partial charge is 0.307 e. The van der Waals surface area contributed by atoms with E-state index in [1.54, 1.807) is 0 Å². The number of anilines is 6. The first-order valence-corrected chi connectivity index (χ1v) is 21.6. The average Bonchev–Trinajstić information content (AvgIpc) is 3.21. The van der Waals surface area contributed by atoms with Crippen molar-refractivity contribution in [3.63, 3.8) is 0 Å². The minimum atomic E-state index is 0.0285. The Hall–Kier alpha value is -6.51. The van der Waals surface area contributed by atoms with Crippen LogP contribution in [0.4, 0.5) is 34.1 Å². The van der Waals surface area contributed by atoms with Crippen molar-refractivity contribution in [2.75, 3.05) is 9.80 Å². The van der Waals surface area contributed by atoms with Gasteiger partial charge in [0, 0.05) is 11.4 Å². The Labute approximate surface area is 354 Å². The number of benzene rings is 9. The number of para-hydroxylation sites is 1. The summed E-state index contributed by atoms with van der Waals surface area (Å²) in [4.78, 5) is 5.33. The normalized spacial score (nSPS) is 13.5. The van der Waals surface area contributed by atoms with E-state index in [0.29, 0.717) is 0 Å². The highest BCUT2D eigenvalue weighted by atomic mass is 15.3. The Balaban J connectivity index is 1.27. The molecule has 60 heavy (non-hydrogen) atoms. The van der Waals surface area contributed by atoms with Crippen LogP contribution in [-0.2, 0) is 0 Å². The van der Waals surface area contributed by atoms with Gasteiger partial charge in [0.1, 0.15) is 0 Å². The molecule has 4 heteroatoms. The quantitative estimate of drug-likeness (QED) is 0.162. The SMILES string of the molecule is Cc1cc(C)c(B2c3cc4cc(C)ccc4cc3N3c4cc5ccccc5c5c4N(c4cc6ccc(C)cc6cc4B5c4c(C)cc(C)cc4C)c4cccc2c43)c(C)c1. The molecule has 0 fully saturated rings. The van der Waals surface area contributed by atoms with E-state index in [0.717, 1.165) is 0 Å². The van der Waals surface area contributed by atoms with Crippen molar-refractivity contribution < 1.29 is 0 Å². The highest BCUT2D eigenvalue weighted by Crippen LogP contribution is 2.56. The molecule has 0 saturated carbocycles. The van der Waals surface area contributed by atoms with E-state index in [-0.39, 0.29) is 13.4 Å². The lowest BCUT2D eigenvalue weighted by Crippen LogP contribution is -2.62. The predicted molar refractivity (Wildman–Crippen MR) is 262 cm³/mol. The summed E-state index contributed by atoms with van der Waals surface area (Å²) in [5, 5.41) is 7.70. The van der Waals surface area contributed by atoms with Crippen molar-refractivity contribution >= 4 is 113 Å².